The number of ether oxygens (including phenoxy) is 1. The summed E-state index contributed by atoms with van der Waals surface area (Å²) in [6, 6.07) is 4.48. The van der Waals surface area contributed by atoms with Crippen molar-refractivity contribution in [2.75, 3.05) is 32.8 Å². The third kappa shape index (κ3) is 4.84. The van der Waals surface area contributed by atoms with E-state index in [4.69, 9.17) is 21.4 Å². The first-order chi connectivity index (χ1) is 11.9. The molecule has 7 nitrogen and oxygen atoms in total. The predicted molar refractivity (Wildman–Crippen MR) is 94.2 cm³/mol. The van der Waals surface area contributed by atoms with Gasteiger partial charge in [0.1, 0.15) is 10.6 Å². The molecule has 0 spiro atoms. The molecule has 2 N–H and O–H groups in total. The van der Waals surface area contributed by atoms with Gasteiger partial charge >= 0.3 is 0 Å². The van der Waals surface area contributed by atoms with E-state index in [0.717, 1.165) is 0 Å². The number of halogens is 1. The fraction of sp³-hybridized carbons (Fsp3) is 0.562. The van der Waals surface area contributed by atoms with Crippen molar-refractivity contribution in [1.29, 1.82) is 0 Å². The molecule has 0 saturated carbocycles. The van der Waals surface area contributed by atoms with Crippen molar-refractivity contribution in [2.24, 2.45) is 5.92 Å². The fourth-order valence-electron chi connectivity index (χ4n) is 2.80. The van der Waals surface area contributed by atoms with Gasteiger partial charge < -0.3 is 15.2 Å². The van der Waals surface area contributed by atoms with Gasteiger partial charge in [-0.1, -0.05) is 11.6 Å². The van der Waals surface area contributed by atoms with Crippen LogP contribution in [0.3, 0.4) is 0 Å². The maximum atomic E-state index is 13.0. The highest BCUT2D eigenvalue weighted by atomic mass is 35.5. The van der Waals surface area contributed by atoms with E-state index in [0.29, 0.717) is 31.0 Å². The molecule has 1 aromatic carbocycles. The standard InChI is InChI=1S/C16H23ClN2O5S/c1-2-24-14-6-5-13(17)10-15(14)25(22,23)19-8-3-4-12(11-19)16(21)18-7-9-20/h5-6,10,12,20H,2-4,7-9,11H2,1H3,(H,18,21)/t12-/m1/s1. The van der Waals surface area contributed by atoms with Gasteiger partial charge in [-0.2, -0.15) is 4.31 Å². The van der Waals surface area contributed by atoms with Gasteiger partial charge in [0.15, 0.2) is 0 Å². The van der Waals surface area contributed by atoms with Crippen molar-refractivity contribution in [1.82, 2.24) is 9.62 Å². The van der Waals surface area contributed by atoms with Crippen molar-refractivity contribution >= 4 is 27.5 Å². The first-order valence-electron chi connectivity index (χ1n) is 8.21. The molecule has 25 heavy (non-hydrogen) atoms. The Morgan fingerprint density at radius 1 is 1.48 bits per heavy atom. The first-order valence-corrected chi connectivity index (χ1v) is 10.0. The molecule has 1 aliphatic rings. The number of aliphatic hydroxyl groups excluding tert-OH is 1. The van der Waals surface area contributed by atoms with E-state index in [1.54, 1.807) is 13.0 Å². The third-order valence-corrected chi connectivity index (χ3v) is 6.11. The minimum atomic E-state index is -3.83. The second-order valence-corrected chi connectivity index (χ2v) is 8.08. The topological polar surface area (TPSA) is 95.9 Å². The SMILES string of the molecule is CCOc1ccc(Cl)cc1S(=O)(=O)N1CCC[C@@H](C(=O)NCCO)C1. The zero-order valence-electron chi connectivity index (χ0n) is 14.1. The Bertz CT molecular complexity index is 710. The molecule has 1 aliphatic heterocycles. The van der Waals surface area contributed by atoms with Gasteiger partial charge in [-0.15, -0.1) is 0 Å². The minimum Gasteiger partial charge on any atom is -0.492 e. The Morgan fingerprint density at radius 2 is 2.24 bits per heavy atom. The number of hydrogen-bond donors (Lipinski definition) is 2. The number of sulfonamides is 1. The van der Waals surface area contributed by atoms with Crippen LogP contribution in [0, 0.1) is 5.92 Å². The largest absolute Gasteiger partial charge is 0.492 e. The number of aliphatic hydroxyl groups is 1. The van der Waals surface area contributed by atoms with Gasteiger partial charge in [0.05, 0.1) is 19.1 Å². The van der Waals surface area contributed by atoms with Crippen LogP contribution < -0.4 is 10.1 Å². The molecule has 1 saturated heterocycles. The second kappa shape index (κ2) is 8.84. The van der Waals surface area contributed by atoms with Crippen LogP contribution >= 0.6 is 11.6 Å². The molecule has 2 rings (SSSR count). The lowest BCUT2D eigenvalue weighted by Crippen LogP contribution is -2.45. The zero-order chi connectivity index (χ0) is 18.4. The maximum Gasteiger partial charge on any atom is 0.246 e. The summed E-state index contributed by atoms with van der Waals surface area (Å²) < 4.78 is 32.8. The summed E-state index contributed by atoms with van der Waals surface area (Å²) in [4.78, 5) is 12.1. The van der Waals surface area contributed by atoms with Gasteiger partial charge in [0.25, 0.3) is 0 Å². The molecule has 0 aliphatic carbocycles. The smallest absolute Gasteiger partial charge is 0.246 e. The number of amides is 1. The van der Waals surface area contributed by atoms with E-state index in [1.807, 2.05) is 0 Å². The van der Waals surface area contributed by atoms with Crippen LogP contribution in [0.4, 0.5) is 0 Å². The van der Waals surface area contributed by atoms with Gasteiger partial charge in [-0.25, -0.2) is 8.42 Å². The number of piperidine rings is 1. The molecule has 1 amide bonds. The predicted octanol–water partition coefficient (Wildman–Crippen LogP) is 1.25. The van der Waals surface area contributed by atoms with E-state index in [2.05, 4.69) is 5.32 Å². The zero-order valence-corrected chi connectivity index (χ0v) is 15.6. The molecule has 0 aromatic heterocycles. The summed E-state index contributed by atoms with van der Waals surface area (Å²) in [5, 5.41) is 11.7. The Kier molecular flexibility index (Phi) is 7.06. The maximum absolute atomic E-state index is 13.0. The monoisotopic (exact) mass is 390 g/mol. The van der Waals surface area contributed by atoms with E-state index >= 15 is 0 Å². The minimum absolute atomic E-state index is 0.0123. The van der Waals surface area contributed by atoms with Crippen molar-refractivity contribution in [3.8, 4) is 5.75 Å². The molecular formula is C16H23ClN2O5S. The van der Waals surface area contributed by atoms with Crippen LogP contribution in [0.5, 0.6) is 5.75 Å². The van der Waals surface area contributed by atoms with Gasteiger partial charge in [0.2, 0.25) is 15.9 Å². The fourth-order valence-corrected chi connectivity index (χ4v) is 4.71. The Labute approximate surface area is 153 Å². The number of benzene rings is 1. The molecule has 1 aromatic rings. The average molecular weight is 391 g/mol. The lowest BCUT2D eigenvalue weighted by atomic mass is 9.99. The van der Waals surface area contributed by atoms with Gasteiger partial charge in [0, 0.05) is 24.7 Å². The van der Waals surface area contributed by atoms with Crippen molar-refractivity contribution < 1.29 is 23.1 Å². The molecule has 0 bridgehead atoms. The van der Waals surface area contributed by atoms with E-state index in [-0.39, 0.29) is 36.2 Å². The molecule has 0 radical (unpaired) electrons. The van der Waals surface area contributed by atoms with Crippen LogP contribution in [-0.2, 0) is 14.8 Å². The van der Waals surface area contributed by atoms with Gasteiger partial charge in [-0.3, -0.25) is 4.79 Å². The lowest BCUT2D eigenvalue weighted by Gasteiger charge is -2.31. The van der Waals surface area contributed by atoms with Crippen molar-refractivity contribution in [3.05, 3.63) is 23.2 Å². The highest BCUT2D eigenvalue weighted by Gasteiger charge is 2.34. The van der Waals surface area contributed by atoms with Crippen LogP contribution in [0.2, 0.25) is 5.02 Å². The van der Waals surface area contributed by atoms with Crippen LogP contribution in [0.15, 0.2) is 23.1 Å². The van der Waals surface area contributed by atoms with Gasteiger partial charge in [-0.05, 0) is 38.0 Å². The van der Waals surface area contributed by atoms with Crippen LogP contribution in [-0.4, -0.2) is 56.6 Å². The molecule has 140 valence electrons. The second-order valence-electron chi connectivity index (χ2n) is 5.74. The van der Waals surface area contributed by atoms with Crippen molar-refractivity contribution in [2.45, 2.75) is 24.7 Å². The van der Waals surface area contributed by atoms with Crippen LogP contribution in [0.1, 0.15) is 19.8 Å². The highest BCUT2D eigenvalue weighted by molar-refractivity contribution is 7.89. The number of hydrogen-bond acceptors (Lipinski definition) is 5. The third-order valence-electron chi connectivity index (χ3n) is 3.99. The lowest BCUT2D eigenvalue weighted by molar-refractivity contribution is -0.126. The quantitative estimate of drug-likeness (QED) is 0.730. The molecule has 1 fully saturated rings. The number of carbonyl (C=O) groups excluding carboxylic acids is 1. The summed E-state index contributed by atoms with van der Waals surface area (Å²) in [5.41, 5.74) is 0. The number of rotatable bonds is 7. The normalized spacial score (nSPS) is 18.8. The van der Waals surface area contributed by atoms with Crippen LogP contribution in [0.25, 0.3) is 0 Å². The number of nitrogens with one attached hydrogen (secondary N) is 1. The average Bonchev–Trinajstić information content (AvgIpc) is 2.61. The summed E-state index contributed by atoms with van der Waals surface area (Å²) in [5.74, 6) is -0.436. The summed E-state index contributed by atoms with van der Waals surface area (Å²) in [6.45, 7) is 2.54. The molecule has 0 unspecified atom stereocenters. The number of nitrogens with zero attached hydrogens (tertiary/aromatic N) is 1. The Balaban J connectivity index is 2.24. The molecule has 1 heterocycles. The van der Waals surface area contributed by atoms with E-state index in [9.17, 15) is 13.2 Å². The summed E-state index contributed by atoms with van der Waals surface area (Å²) >= 11 is 5.97. The highest BCUT2D eigenvalue weighted by Crippen LogP contribution is 2.32. The summed E-state index contributed by atoms with van der Waals surface area (Å²) in [6.07, 6.45) is 1.19. The summed E-state index contributed by atoms with van der Waals surface area (Å²) in [7, 11) is -3.83. The first kappa shape index (κ1) is 20.0. The van der Waals surface area contributed by atoms with Crippen molar-refractivity contribution in [3.63, 3.8) is 0 Å². The van der Waals surface area contributed by atoms with E-state index < -0.39 is 15.9 Å². The molecular weight excluding hydrogens is 368 g/mol. The van der Waals surface area contributed by atoms with E-state index in [1.165, 1.54) is 16.4 Å². The Morgan fingerprint density at radius 3 is 2.92 bits per heavy atom. The Hall–Kier alpha value is -1.35. The molecule has 9 heteroatoms. The number of carbonyl (C=O) groups is 1. The molecule has 1 atom stereocenters.